The fourth-order valence-electron chi connectivity index (χ4n) is 4.07. The summed E-state index contributed by atoms with van der Waals surface area (Å²) >= 11 is 0. The molecule has 2 aromatic rings. The Kier molecular flexibility index (Phi) is 9.34. The van der Waals surface area contributed by atoms with E-state index in [2.05, 4.69) is 82.3 Å². The molecule has 2 heterocycles. The molecule has 0 aliphatic carbocycles. The van der Waals surface area contributed by atoms with Gasteiger partial charge in [-0.3, -0.25) is 4.99 Å². The maximum atomic E-state index is 5.86. The van der Waals surface area contributed by atoms with E-state index < -0.39 is 0 Å². The Morgan fingerprint density at radius 2 is 2.25 bits per heavy atom. The topological polar surface area (TPSA) is 79.6 Å². The van der Waals surface area contributed by atoms with E-state index in [1.165, 1.54) is 11.3 Å². The van der Waals surface area contributed by atoms with Crippen molar-refractivity contribution in [2.45, 2.75) is 65.6 Å². The van der Waals surface area contributed by atoms with Gasteiger partial charge < -0.3 is 24.8 Å². The summed E-state index contributed by atoms with van der Waals surface area (Å²) in [6.45, 7) is 13.5. The molecule has 3 rings (SSSR count). The van der Waals surface area contributed by atoms with Gasteiger partial charge in [-0.1, -0.05) is 19.1 Å². The van der Waals surface area contributed by atoms with Gasteiger partial charge >= 0.3 is 0 Å². The zero-order valence-electron chi connectivity index (χ0n) is 20.0. The Morgan fingerprint density at radius 1 is 1.38 bits per heavy atom. The lowest BCUT2D eigenvalue weighted by Crippen LogP contribution is -2.48. The van der Waals surface area contributed by atoms with Gasteiger partial charge in [0, 0.05) is 44.9 Å². The zero-order valence-corrected chi connectivity index (χ0v) is 20.0. The Balaban J connectivity index is 1.59. The third-order valence-corrected chi connectivity index (χ3v) is 5.93. The van der Waals surface area contributed by atoms with Gasteiger partial charge in [-0.2, -0.15) is 0 Å². The second kappa shape index (κ2) is 12.4. The number of rotatable bonds is 11. The molecule has 1 aromatic heterocycles. The van der Waals surface area contributed by atoms with Crippen molar-refractivity contribution < 1.29 is 4.74 Å². The monoisotopic (exact) mass is 441 g/mol. The molecule has 0 spiro atoms. The number of nitrogens with zero attached hydrogens (tertiary/aromatic N) is 5. The summed E-state index contributed by atoms with van der Waals surface area (Å²) in [5, 5.41) is 15.2. The Morgan fingerprint density at radius 3 is 2.97 bits per heavy atom. The van der Waals surface area contributed by atoms with Crippen LogP contribution >= 0.6 is 0 Å². The van der Waals surface area contributed by atoms with E-state index in [1.54, 1.807) is 6.33 Å². The summed E-state index contributed by atoms with van der Waals surface area (Å²) in [6.07, 6.45) is 5.14. The smallest absolute Gasteiger partial charge is 0.191 e. The molecule has 0 amide bonds. The summed E-state index contributed by atoms with van der Waals surface area (Å²) in [7, 11) is 0. The molecule has 32 heavy (non-hydrogen) atoms. The standard InChI is InChI=1S/C24H39N7O/c1-5-23-29-27-18-31(23)15-13-26-24(28-20(4)22-11-8-16-32-22)25-12-14-30(6-2)21-10-7-9-19(3)17-21/h7,9-10,17-18,20,22H,5-6,8,11-16H2,1-4H3,(H2,25,26,28). The van der Waals surface area contributed by atoms with Crippen LogP contribution in [-0.4, -0.2) is 65.7 Å². The van der Waals surface area contributed by atoms with Gasteiger partial charge in [0.05, 0.1) is 18.7 Å². The van der Waals surface area contributed by atoms with Gasteiger partial charge in [0.15, 0.2) is 5.96 Å². The van der Waals surface area contributed by atoms with Gasteiger partial charge in [-0.25, -0.2) is 0 Å². The number of aromatic nitrogens is 3. The molecule has 0 saturated carbocycles. The summed E-state index contributed by atoms with van der Waals surface area (Å²) in [5.74, 6) is 1.84. The van der Waals surface area contributed by atoms with Gasteiger partial charge in [0.2, 0.25) is 0 Å². The average Bonchev–Trinajstić information content (AvgIpc) is 3.48. The van der Waals surface area contributed by atoms with Crippen molar-refractivity contribution in [1.82, 2.24) is 25.4 Å². The molecule has 1 aliphatic heterocycles. The number of aryl methyl sites for hydroxylation is 2. The highest BCUT2D eigenvalue weighted by molar-refractivity contribution is 5.80. The number of likely N-dealkylation sites (N-methyl/N-ethyl adjacent to an activating group) is 1. The van der Waals surface area contributed by atoms with Crippen LogP contribution in [0.2, 0.25) is 0 Å². The van der Waals surface area contributed by atoms with Gasteiger partial charge in [0.25, 0.3) is 0 Å². The molecule has 8 heteroatoms. The highest BCUT2D eigenvalue weighted by atomic mass is 16.5. The number of ether oxygens (including phenoxy) is 1. The number of anilines is 1. The van der Waals surface area contributed by atoms with Gasteiger partial charge in [0.1, 0.15) is 12.2 Å². The van der Waals surface area contributed by atoms with Crippen molar-refractivity contribution in [2.75, 3.05) is 37.7 Å². The Labute approximate surface area is 192 Å². The quantitative estimate of drug-likeness (QED) is 0.412. The van der Waals surface area contributed by atoms with Crippen LogP contribution in [0.3, 0.4) is 0 Å². The van der Waals surface area contributed by atoms with E-state index in [9.17, 15) is 0 Å². The summed E-state index contributed by atoms with van der Waals surface area (Å²) in [5.41, 5.74) is 2.52. The van der Waals surface area contributed by atoms with E-state index in [0.717, 1.165) is 63.8 Å². The van der Waals surface area contributed by atoms with Crippen molar-refractivity contribution in [3.05, 3.63) is 42.0 Å². The molecule has 8 nitrogen and oxygen atoms in total. The minimum absolute atomic E-state index is 0.212. The minimum Gasteiger partial charge on any atom is -0.376 e. The first kappa shape index (κ1) is 24.0. The van der Waals surface area contributed by atoms with E-state index in [4.69, 9.17) is 9.73 Å². The molecule has 2 atom stereocenters. The molecule has 1 aromatic carbocycles. The normalized spacial score (nSPS) is 17.4. The second-order valence-corrected chi connectivity index (χ2v) is 8.35. The predicted molar refractivity (Wildman–Crippen MR) is 130 cm³/mol. The van der Waals surface area contributed by atoms with Crippen LogP contribution in [-0.2, 0) is 17.7 Å². The number of hydrogen-bond acceptors (Lipinski definition) is 5. The summed E-state index contributed by atoms with van der Waals surface area (Å²) in [6, 6.07) is 8.86. The largest absolute Gasteiger partial charge is 0.376 e. The van der Waals surface area contributed by atoms with Gasteiger partial charge in [-0.05, 0) is 51.3 Å². The molecular formula is C24H39N7O. The first-order valence-corrected chi connectivity index (χ1v) is 12.0. The number of hydrogen-bond donors (Lipinski definition) is 2. The van der Waals surface area contributed by atoms with Crippen LogP contribution < -0.4 is 15.5 Å². The first-order chi connectivity index (χ1) is 15.6. The summed E-state index contributed by atoms with van der Waals surface area (Å²) in [4.78, 5) is 7.25. The van der Waals surface area contributed by atoms with E-state index in [0.29, 0.717) is 6.54 Å². The maximum Gasteiger partial charge on any atom is 0.191 e. The number of benzene rings is 1. The van der Waals surface area contributed by atoms with Crippen LogP contribution in [0.25, 0.3) is 0 Å². The fraction of sp³-hybridized carbons (Fsp3) is 0.625. The molecule has 0 radical (unpaired) electrons. The minimum atomic E-state index is 0.212. The lowest BCUT2D eigenvalue weighted by Gasteiger charge is -2.25. The van der Waals surface area contributed by atoms with Crippen LogP contribution in [0.5, 0.6) is 0 Å². The Bertz CT molecular complexity index is 844. The third kappa shape index (κ3) is 6.95. The predicted octanol–water partition coefficient (Wildman–Crippen LogP) is 2.78. The number of aliphatic imine (C=N–C) groups is 1. The lowest BCUT2D eigenvalue weighted by atomic mass is 10.1. The first-order valence-electron chi connectivity index (χ1n) is 12.0. The van der Waals surface area contributed by atoms with Crippen LogP contribution in [0.4, 0.5) is 5.69 Å². The number of nitrogens with one attached hydrogen (secondary N) is 2. The molecule has 176 valence electrons. The molecular weight excluding hydrogens is 402 g/mol. The van der Waals surface area contributed by atoms with Crippen molar-refractivity contribution in [2.24, 2.45) is 4.99 Å². The molecule has 0 bridgehead atoms. The molecule has 1 aliphatic rings. The van der Waals surface area contributed by atoms with Crippen LogP contribution in [0.1, 0.15) is 45.0 Å². The molecule has 1 fully saturated rings. The molecule has 2 unspecified atom stereocenters. The highest BCUT2D eigenvalue weighted by Crippen LogP contribution is 2.16. The second-order valence-electron chi connectivity index (χ2n) is 8.35. The van der Waals surface area contributed by atoms with E-state index in [-0.39, 0.29) is 12.1 Å². The fourth-order valence-corrected chi connectivity index (χ4v) is 4.07. The number of guanidine groups is 1. The molecule has 2 N–H and O–H groups in total. The maximum absolute atomic E-state index is 5.86. The van der Waals surface area contributed by atoms with Crippen molar-refractivity contribution in [3.63, 3.8) is 0 Å². The van der Waals surface area contributed by atoms with E-state index in [1.807, 2.05) is 0 Å². The molecule has 1 saturated heterocycles. The zero-order chi connectivity index (χ0) is 22.8. The SMILES string of the molecule is CCc1nncn1CCNC(=NCCN(CC)c1cccc(C)c1)NC(C)C1CCCO1. The van der Waals surface area contributed by atoms with Crippen LogP contribution in [0, 0.1) is 6.92 Å². The Hall–Kier alpha value is -2.61. The van der Waals surface area contributed by atoms with Crippen molar-refractivity contribution in [1.29, 1.82) is 0 Å². The average molecular weight is 442 g/mol. The van der Waals surface area contributed by atoms with Crippen LogP contribution in [0.15, 0.2) is 35.6 Å². The summed E-state index contributed by atoms with van der Waals surface area (Å²) < 4.78 is 7.95. The van der Waals surface area contributed by atoms with Gasteiger partial charge in [-0.15, -0.1) is 10.2 Å². The van der Waals surface area contributed by atoms with Crippen molar-refractivity contribution in [3.8, 4) is 0 Å². The third-order valence-electron chi connectivity index (χ3n) is 5.93. The highest BCUT2D eigenvalue weighted by Gasteiger charge is 2.23. The van der Waals surface area contributed by atoms with Crippen molar-refractivity contribution >= 4 is 11.6 Å². The lowest BCUT2D eigenvalue weighted by molar-refractivity contribution is 0.0890. The van der Waals surface area contributed by atoms with E-state index >= 15 is 0 Å².